The van der Waals surface area contributed by atoms with Gasteiger partial charge in [-0.15, -0.1) is 0 Å². The van der Waals surface area contributed by atoms with Crippen LogP contribution in [0.1, 0.15) is 43.3 Å². The van der Waals surface area contributed by atoms with E-state index in [1.165, 1.54) is 6.26 Å². The highest BCUT2D eigenvalue weighted by molar-refractivity contribution is 6.02. The molecule has 140 valence electrons. The van der Waals surface area contributed by atoms with Crippen LogP contribution in [-0.2, 0) is 6.54 Å². The molecular formula is C20H28N4O2. The molecule has 0 bridgehead atoms. The van der Waals surface area contributed by atoms with Crippen LogP contribution in [0, 0.1) is 5.92 Å². The molecule has 1 aromatic carbocycles. The first-order valence-corrected chi connectivity index (χ1v) is 9.04. The normalized spacial score (nSPS) is 11.5. The SMILES string of the molecule is CCNC(=NCc1ccc(NC(=O)c2ccco2)cc1)NCCC(C)C. The van der Waals surface area contributed by atoms with Gasteiger partial charge in [-0.2, -0.15) is 0 Å². The van der Waals surface area contributed by atoms with Crippen molar-refractivity contribution >= 4 is 17.6 Å². The van der Waals surface area contributed by atoms with Gasteiger partial charge in [-0.25, -0.2) is 4.99 Å². The van der Waals surface area contributed by atoms with Gasteiger partial charge < -0.3 is 20.4 Å². The molecule has 0 unspecified atom stereocenters. The summed E-state index contributed by atoms with van der Waals surface area (Å²) in [7, 11) is 0. The third-order valence-electron chi connectivity index (χ3n) is 3.73. The molecule has 0 aliphatic rings. The second-order valence-corrected chi connectivity index (χ2v) is 6.43. The summed E-state index contributed by atoms with van der Waals surface area (Å²) in [5.74, 6) is 1.52. The number of benzene rings is 1. The standard InChI is InChI=1S/C20H28N4O2/c1-4-21-20(22-12-11-15(2)3)23-14-16-7-9-17(10-8-16)24-19(25)18-6-5-13-26-18/h5-10,13,15H,4,11-12,14H2,1-3H3,(H,24,25)(H2,21,22,23). The van der Waals surface area contributed by atoms with Crippen LogP contribution in [0.15, 0.2) is 52.1 Å². The molecule has 2 aromatic rings. The molecule has 1 amide bonds. The van der Waals surface area contributed by atoms with E-state index >= 15 is 0 Å². The summed E-state index contributed by atoms with van der Waals surface area (Å²) < 4.78 is 5.08. The Labute approximate surface area is 155 Å². The molecule has 0 radical (unpaired) electrons. The van der Waals surface area contributed by atoms with E-state index in [-0.39, 0.29) is 5.91 Å². The second kappa shape index (κ2) is 10.3. The van der Waals surface area contributed by atoms with Crippen molar-refractivity contribution in [2.75, 3.05) is 18.4 Å². The van der Waals surface area contributed by atoms with Gasteiger partial charge in [-0.05, 0) is 49.1 Å². The van der Waals surface area contributed by atoms with Crippen molar-refractivity contribution in [2.24, 2.45) is 10.9 Å². The molecule has 1 aromatic heterocycles. The van der Waals surface area contributed by atoms with E-state index in [0.29, 0.717) is 18.2 Å². The van der Waals surface area contributed by atoms with Gasteiger partial charge in [0.2, 0.25) is 0 Å². The summed E-state index contributed by atoms with van der Waals surface area (Å²) in [6.45, 7) is 8.77. The molecule has 2 rings (SSSR count). The Kier molecular flexibility index (Phi) is 7.74. The number of rotatable bonds is 8. The zero-order valence-electron chi connectivity index (χ0n) is 15.7. The minimum atomic E-state index is -0.260. The number of amides is 1. The Hall–Kier alpha value is -2.76. The summed E-state index contributed by atoms with van der Waals surface area (Å²) in [4.78, 5) is 16.6. The lowest BCUT2D eigenvalue weighted by Crippen LogP contribution is -2.38. The molecule has 0 aliphatic carbocycles. The van der Waals surface area contributed by atoms with Gasteiger partial charge in [0.15, 0.2) is 11.7 Å². The maximum atomic E-state index is 12.0. The smallest absolute Gasteiger partial charge is 0.291 e. The molecule has 6 nitrogen and oxygen atoms in total. The summed E-state index contributed by atoms with van der Waals surface area (Å²) in [5, 5.41) is 9.40. The van der Waals surface area contributed by atoms with Gasteiger partial charge in [0, 0.05) is 18.8 Å². The first kappa shape index (κ1) is 19.6. The van der Waals surface area contributed by atoms with Crippen LogP contribution in [0.2, 0.25) is 0 Å². The number of carbonyl (C=O) groups excluding carboxylic acids is 1. The van der Waals surface area contributed by atoms with Crippen molar-refractivity contribution in [3.63, 3.8) is 0 Å². The van der Waals surface area contributed by atoms with E-state index in [0.717, 1.165) is 36.7 Å². The third kappa shape index (κ3) is 6.63. The average molecular weight is 356 g/mol. The van der Waals surface area contributed by atoms with Crippen LogP contribution < -0.4 is 16.0 Å². The summed E-state index contributed by atoms with van der Waals surface area (Å²) in [6.07, 6.45) is 2.58. The Morgan fingerprint density at radius 1 is 1.15 bits per heavy atom. The Morgan fingerprint density at radius 2 is 1.92 bits per heavy atom. The van der Waals surface area contributed by atoms with Gasteiger partial charge in [-0.3, -0.25) is 4.79 Å². The largest absolute Gasteiger partial charge is 0.459 e. The summed E-state index contributed by atoms with van der Waals surface area (Å²) >= 11 is 0. The van der Waals surface area contributed by atoms with Gasteiger partial charge in [-0.1, -0.05) is 26.0 Å². The van der Waals surface area contributed by atoms with Crippen LogP contribution in [0.3, 0.4) is 0 Å². The third-order valence-corrected chi connectivity index (χ3v) is 3.73. The van der Waals surface area contributed by atoms with E-state index in [1.54, 1.807) is 12.1 Å². The molecule has 6 heteroatoms. The van der Waals surface area contributed by atoms with E-state index in [2.05, 4.69) is 41.7 Å². The first-order chi connectivity index (χ1) is 12.6. The monoisotopic (exact) mass is 356 g/mol. The van der Waals surface area contributed by atoms with Gasteiger partial charge in [0.05, 0.1) is 12.8 Å². The van der Waals surface area contributed by atoms with Crippen molar-refractivity contribution in [2.45, 2.75) is 33.7 Å². The van der Waals surface area contributed by atoms with Crippen molar-refractivity contribution in [3.05, 3.63) is 54.0 Å². The van der Waals surface area contributed by atoms with E-state index in [4.69, 9.17) is 4.42 Å². The molecule has 0 fully saturated rings. The second-order valence-electron chi connectivity index (χ2n) is 6.43. The number of nitrogens with zero attached hydrogens (tertiary/aromatic N) is 1. The molecule has 0 saturated heterocycles. The molecule has 0 spiro atoms. The van der Waals surface area contributed by atoms with Crippen molar-refractivity contribution in [1.82, 2.24) is 10.6 Å². The highest BCUT2D eigenvalue weighted by atomic mass is 16.3. The first-order valence-electron chi connectivity index (χ1n) is 9.04. The van der Waals surface area contributed by atoms with Gasteiger partial charge in [0.1, 0.15) is 0 Å². The lowest BCUT2D eigenvalue weighted by atomic mass is 10.1. The number of hydrogen-bond acceptors (Lipinski definition) is 3. The topological polar surface area (TPSA) is 78.7 Å². The molecule has 1 heterocycles. The van der Waals surface area contributed by atoms with Crippen LogP contribution in [0.5, 0.6) is 0 Å². The van der Waals surface area contributed by atoms with Crippen LogP contribution in [-0.4, -0.2) is 25.0 Å². The quantitative estimate of drug-likeness (QED) is 0.498. The number of aliphatic imine (C=N–C) groups is 1. The van der Waals surface area contributed by atoms with Gasteiger partial charge >= 0.3 is 0 Å². The highest BCUT2D eigenvalue weighted by Gasteiger charge is 2.08. The molecule has 26 heavy (non-hydrogen) atoms. The lowest BCUT2D eigenvalue weighted by Gasteiger charge is -2.12. The van der Waals surface area contributed by atoms with E-state index in [9.17, 15) is 4.79 Å². The molecule has 0 atom stereocenters. The Balaban J connectivity index is 1.89. The minimum Gasteiger partial charge on any atom is -0.459 e. The number of anilines is 1. The highest BCUT2D eigenvalue weighted by Crippen LogP contribution is 2.12. The van der Waals surface area contributed by atoms with Crippen LogP contribution in [0.25, 0.3) is 0 Å². The van der Waals surface area contributed by atoms with Crippen molar-refractivity contribution in [3.8, 4) is 0 Å². The zero-order chi connectivity index (χ0) is 18.8. The maximum absolute atomic E-state index is 12.0. The number of carbonyl (C=O) groups is 1. The van der Waals surface area contributed by atoms with Crippen molar-refractivity contribution in [1.29, 1.82) is 0 Å². The van der Waals surface area contributed by atoms with E-state index < -0.39 is 0 Å². The minimum absolute atomic E-state index is 0.260. The number of furan rings is 1. The predicted molar refractivity (Wildman–Crippen MR) is 105 cm³/mol. The van der Waals surface area contributed by atoms with Gasteiger partial charge in [0.25, 0.3) is 5.91 Å². The van der Waals surface area contributed by atoms with E-state index in [1.807, 2.05) is 24.3 Å². The zero-order valence-corrected chi connectivity index (χ0v) is 15.7. The predicted octanol–water partition coefficient (Wildman–Crippen LogP) is 3.63. The lowest BCUT2D eigenvalue weighted by molar-refractivity contribution is 0.0996. The van der Waals surface area contributed by atoms with Crippen LogP contribution in [0.4, 0.5) is 5.69 Å². The molecule has 0 saturated carbocycles. The molecule has 0 aliphatic heterocycles. The fourth-order valence-corrected chi connectivity index (χ4v) is 2.29. The molecular weight excluding hydrogens is 328 g/mol. The molecule has 3 N–H and O–H groups in total. The number of guanidine groups is 1. The Bertz CT molecular complexity index is 691. The summed E-state index contributed by atoms with van der Waals surface area (Å²) in [6, 6.07) is 11.0. The number of hydrogen-bond donors (Lipinski definition) is 3. The number of nitrogens with one attached hydrogen (secondary N) is 3. The van der Waals surface area contributed by atoms with Crippen LogP contribution >= 0.6 is 0 Å². The maximum Gasteiger partial charge on any atom is 0.291 e. The Morgan fingerprint density at radius 3 is 2.54 bits per heavy atom. The fourth-order valence-electron chi connectivity index (χ4n) is 2.29. The van der Waals surface area contributed by atoms with Crippen molar-refractivity contribution < 1.29 is 9.21 Å². The fraction of sp³-hybridized carbons (Fsp3) is 0.400. The average Bonchev–Trinajstić information content (AvgIpc) is 3.15. The summed E-state index contributed by atoms with van der Waals surface area (Å²) in [5.41, 5.74) is 1.79.